The second-order valence-corrected chi connectivity index (χ2v) is 10.6. The standard InChI is InChI=1S/C23H26Cl2N4O5S/c1-35(32,33)29(20-7-5-6-19(24)23(20)25)15-21(30)27-26-14-17-8-10-18(11-9-17)34-16-22(31)28-12-3-2-4-13-28/h5-11,14H,2-4,12-13,15-16H2,1H3,(H,27,30)/b26-14-. The average Bonchev–Trinajstić information content (AvgIpc) is 2.83. The molecule has 0 atom stereocenters. The van der Waals surface area contributed by atoms with Gasteiger partial charge in [0.1, 0.15) is 12.3 Å². The molecule has 9 nitrogen and oxygen atoms in total. The lowest BCUT2D eigenvalue weighted by atomic mass is 10.1. The maximum Gasteiger partial charge on any atom is 0.260 e. The summed E-state index contributed by atoms with van der Waals surface area (Å²) < 4.78 is 30.8. The Hall–Kier alpha value is -2.82. The van der Waals surface area contributed by atoms with Gasteiger partial charge in [0.2, 0.25) is 10.0 Å². The summed E-state index contributed by atoms with van der Waals surface area (Å²) in [6.45, 7) is 1.000. The predicted molar refractivity (Wildman–Crippen MR) is 137 cm³/mol. The van der Waals surface area contributed by atoms with Crippen molar-refractivity contribution in [3.05, 3.63) is 58.1 Å². The van der Waals surface area contributed by atoms with Gasteiger partial charge in [-0.25, -0.2) is 13.8 Å². The van der Waals surface area contributed by atoms with Gasteiger partial charge in [0.05, 0.1) is 28.2 Å². The number of halogens is 2. The van der Waals surface area contributed by atoms with Crippen molar-refractivity contribution >= 4 is 56.9 Å². The minimum Gasteiger partial charge on any atom is -0.484 e. The van der Waals surface area contributed by atoms with Crippen molar-refractivity contribution < 1.29 is 22.7 Å². The van der Waals surface area contributed by atoms with Crippen LogP contribution in [0.5, 0.6) is 5.75 Å². The molecule has 0 aliphatic carbocycles. The maximum atomic E-state index is 12.3. The van der Waals surface area contributed by atoms with E-state index < -0.39 is 22.5 Å². The Morgan fingerprint density at radius 2 is 1.80 bits per heavy atom. The number of carbonyl (C=O) groups excluding carboxylic acids is 2. The summed E-state index contributed by atoms with van der Waals surface area (Å²) in [6.07, 6.45) is 5.57. The second kappa shape index (κ2) is 12.2. The number of benzene rings is 2. The molecule has 0 radical (unpaired) electrons. The third-order valence-corrected chi connectivity index (χ3v) is 7.18. The Labute approximate surface area is 214 Å². The first kappa shape index (κ1) is 26.8. The van der Waals surface area contributed by atoms with Gasteiger partial charge in [-0.3, -0.25) is 13.9 Å². The number of anilines is 1. The molecule has 1 saturated heterocycles. The number of nitrogens with zero attached hydrogens (tertiary/aromatic N) is 3. The van der Waals surface area contributed by atoms with Crippen LogP contribution in [0.15, 0.2) is 47.6 Å². The first-order valence-electron chi connectivity index (χ1n) is 10.9. The lowest BCUT2D eigenvalue weighted by molar-refractivity contribution is -0.134. The predicted octanol–water partition coefficient (Wildman–Crippen LogP) is 3.30. The number of likely N-dealkylation sites (tertiary alicyclic amines) is 1. The third-order valence-electron chi connectivity index (χ3n) is 5.24. The summed E-state index contributed by atoms with van der Waals surface area (Å²) in [4.78, 5) is 26.3. The van der Waals surface area contributed by atoms with Gasteiger partial charge >= 0.3 is 0 Å². The van der Waals surface area contributed by atoms with Gasteiger partial charge in [0.15, 0.2) is 6.61 Å². The molecule has 1 aliphatic heterocycles. The van der Waals surface area contributed by atoms with Crippen LogP contribution in [0.2, 0.25) is 10.0 Å². The molecule has 1 fully saturated rings. The number of ether oxygens (including phenoxy) is 1. The van der Waals surface area contributed by atoms with Crippen LogP contribution in [-0.2, 0) is 19.6 Å². The van der Waals surface area contributed by atoms with Crippen molar-refractivity contribution in [2.75, 3.05) is 36.8 Å². The molecule has 2 amide bonds. The first-order valence-corrected chi connectivity index (χ1v) is 13.5. The summed E-state index contributed by atoms with van der Waals surface area (Å²) >= 11 is 12.1. The van der Waals surface area contributed by atoms with E-state index in [1.54, 1.807) is 24.3 Å². The number of nitrogens with one attached hydrogen (secondary N) is 1. The molecule has 0 spiro atoms. The number of hydrogen-bond acceptors (Lipinski definition) is 6. The minimum absolute atomic E-state index is 0.0169. The maximum absolute atomic E-state index is 12.3. The molecule has 3 rings (SSSR count). The van der Waals surface area contributed by atoms with Gasteiger partial charge in [-0.15, -0.1) is 0 Å². The average molecular weight is 541 g/mol. The van der Waals surface area contributed by atoms with E-state index in [9.17, 15) is 18.0 Å². The van der Waals surface area contributed by atoms with Crippen molar-refractivity contribution in [2.45, 2.75) is 19.3 Å². The molecule has 12 heteroatoms. The molecule has 2 aromatic carbocycles. The molecule has 2 aromatic rings. The van der Waals surface area contributed by atoms with Crippen LogP contribution in [0.3, 0.4) is 0 Å². The SMILES string of the molecule is CS(=O)(=O)N(CC(=O)N/N=C\c1ccc(OCC(=O)N2CCCCC2)cc1)c1cccc(Cl)c1Cl. The van der Waals surface area contributed by atoms with Gasteiger partial charge in [0, 0.05) is 13.1 Å². The number of hydrazone groups is 1. The summed E-state index contributed by atoms with van der Waals surface area (Å²) in [5.74, 6) is -0.155. The second-order valence-electron chi connectivity index (χ2n) is 7.93. The van der Waals surface area contributed by atoms with Gasteiger partial charge < -0.3 is 9.64 Å². The van der Waals surface area contributed by atoms with Crippen LogP contribution >= 0.6 is 23.2 Å². The molecule has 1 N–H and O–H groups in total. The van der Waals surface area contributed by atoms with E-state index in [0.717, 1.165) is 42.9 Å². The van der Waals surface area contributed by atoms with E-state index in [0.29, 0.717) is 11.3 Å². The fraction of sp³-hybridized carbons (Fsp3) is 0.348. The van der Waals surface area contributed by atoms with E-state index in [4.69, 9.17) is 27.9 Å². The zero-order valence-corrected chi connectivity index (χ0v) is 21.4. The van der Waals surface area contributed by atoms with Crippen LogP contribution in [0.25, 0.3) is 0 Å². The zero-order chi connectivity index (χ0) is 25.4. The van der Waals surface area contributed by atoms with Crippen LogP contribution < -0.4 is 14.5 Å². The Morgan fingerprint density at radius 3 is 2.46 bits per heavy atom. The van der Waals surface area contributed by atoms with Crippen molar-refractivity contribution in [3.63, 3.8) is 0 Å². The largest absolute Gasteiger partial charge is 0.484 e. The zero-order valence-electron chi connectivity index (χ0n) is 19.1. The highest BCUT2D eigenvalue weighted by Gasteiger charge is 2.24. The van der Waals surface area contributed by atoms with E-state index in [1.165, 1.54) is 24.4 Å². The normalized spacial score (nSPS) is 14.1. The fourth-order valence-electron chi connectivity index (χ4n) is 3.44. The smallest absolute Gasteiger partial charge is 0.260 e. The van der Waals surface area contributed by atoms with Crippen molar-refractivity contribution in [3.8, 4) is 5.75 Å². The highest BCUT2D eigenvalue weighted by Crippen LogP contribution is 2.33. The topological polar surface area (TPSA) is 108 Å². The Balaban J connectivity index is 1.53. The molecule has 1 aliphatic rings. The number of carbonyl (C=O) groups is 2. The number of hydrogen-bond donors (Lipinski definition) is 1. The molecular formula is C23H26Cl2N4O5S. The van der Waals surface area contributed by atoms with Gasteiger partial charge in [-0.1, -0.05) is 29.3 Å². The summed E-state index contributed by atoms with van der Waals surface area (Å²) in [6, 6.07) is 11.3. The van der Waals surface area contributed by atoms with E-state index in [1.807, 2.05) is 4.90 Å². The number of sulfonamides is 1. The van der Waals surface area contributed by atoms with Crippen molar-refractivity contribution in [2.24, 2.45) is 5.10 Å². The number of rotatable bonds is 9. The van der Waals surface area contributed by atoms with Crippen molar-refractivity contribution in [1.82, 2.24) is 10.3 Å². The highest BCUT2D eigenvalue weighted by molar-refractivity contribution is 7.92. The van der Waals surface area contributed by atoms with Crippen molar-refractivity contribution in [1.29, 1.82) is 0 Å². The molecule has 0 saturated carbocycles. The molecule has 188 valence electrons. The lowest BCUT2D eigenvalue weighted by Gasteiger charge is -2.26. The van der Waals surface area contributed by atoms with E-state index in [2.05, 4.69) is 10.5 Å². The molecule has 0 aromatic heterocycles. The Bertz CT molecular complexity index is 1180. The summed E-state index contributed by atoms with van der Waals surface area (Å²) in [7, 11) is -3.82. The van der Waals surface area contributed by atoms with E-state index in [-0.39, 0.29) is 28.2 Å². The molecule has 35 heavy (non-hydrogen) atoms. The van der Waals surface area contributed by atoms with Crippen LogP contribution in [-0.4, -0.2) is 63.8 Å². The van der Waals surface area contributed by atoms with E-state index >= 15 is 0 Å². The minimum atomic E-state index is -3.82. The molecule has 0 bridgehead atoms. The molecule has 0 unspecified atom stereocenters. The molecular weight excluding hydrogens is 515 g/mol. The first-order chi connectivity index (χ1) is 16.6. The van der Waals surface area contributed by atoms with Gasteiger partial charge in [-0.2, -0.15) is 5.10 Å². The molecule has 1 heterocycles. The monoisotopic (exact) mass is 540 g/mol. The number of amides is 2. The summed E-state index contributed by atoms with van der Waals surface area (Å²) in [5, 5.41) is 4.06. The van der Waals surface area contributed by atoms with Gasteiger partial charge in [-0.05, 0) is 61.2 Å². The highest BCUT2D eigenvalue weighted by atomic mass is 35.5. The van der Waals surface area contributed by atoms with Crippen LogP contribution in [0, 0.1) is 0 Å². The fourth-order valence-corrected chi connectivity index (χ4v) is 4.75. The Kier molecular flexibility index (Phi) is 9.36. The lowest BCUT2D eigenvalue weighted by Crippen LogP contribution is -2.39. The Morgan fingerprint density at radius 1 is 1.11 bits per heavy atom. The summed E-state index contributed by atoms with van der Waals surface area (Å²) in [5.41, 5.74) is 3.05. The van der Waals surface area contributed by atoms with Crippen LogP contribution in [0.4, 0.5) is 5.69 Å². The quantitative estimate of drug-likeness (QED) is 0.387. The third kappa shape index (κ3) is 7.84. The number of piperidine rings is 1. The van der Waals surface area contributed by atoms with Gasteiger partial charge in [0.25, 0.3) is 11.8 Å². The van der Waals surface area contributed by atoms with Crippen LogP contribution in [0.1, 0.15) is 24.8 Å².